The average molecular weight is 538 g/mol. The number of nitrogens with one attached hydrogen (secondary N) is 2. The number of rotatable bonds is 14. The Morgan fingerprint density at radius 1 is 1.19 bits per heavy atom. The molecule has 13 nitrogen and oxygen atoms in total. The van der Waals surface area contributed by atoms with Crippen LogP contribution in [-0.4, -0.2) is 51.6 Å². The van der Waals surface area contributed by atoms with Crippen molar-refractivity contribution in [3.05, 3.63) is 63.4 Å². The first kappa shape index (κ1) is 30.0. The molecule has 0 radical (unpaired) electrons. The smallest absolute Gasteiger partial charge is 0.459 e. The molecule has 0 aliphatic heterocycles. The van der Waals surface area contributed by atoms with E-state index in [0.717, 1.165) is 16.8 Å². The van der Waals surface area contributed by atoms with E-state index in [-0.39, 0.29) is 12.2 Å². The highest BCUT2D eigenvalue weighted by Gasteiger charge is 2.35. The number of aliphatic hydroxyl groups excluding tert-OH is 1. The minimum Gasteiger partial charge on any atom is -0.462 e. The predicted molar refractivity (Wildman–Crippen MR) is 132 cm³/mol. The number of aromatic nitrogens is 2. The topological polar surface area (TPSA) is 182 Å². The fourth-order valence-corrected chi connectivity index (χ4v) is 4.45. The Bertz CT molecular complexity index is 1220. The van der Waals surface area contributed by atoms with Gasteiger partial charge in [-0.1, -0.05) is 18.2 Å². The molecule has 0 saturated heterocycles. The van der Waals surface area contributed by atoms with Gasteiger partial charge in [-0.15, -0.1) is 0 Å². The second-order valence-electron chi connectivity index (χ2n) is 8.28. The lowest BCUT2D eigenvalue weighted by Gasteiger charge is -2.29. The summed E-state index contributed by atoms with van der Waals surface area (Å²) in [5.41, 5.74) is -1.46. The Morgan fingerprint density at radius 3 is 2.43 bits per heavy atom. The summed E-state index contributed by atoms with van der Waals surface area (Å²) in [6.45, 7) is 5.59. The summed E-state index contributed by atoms with van der Waals surface area (Å²) in [5, 5.41) is 22.0. The van der Waals surface area contributed by atoms with Crippen molar-refractivity contribution in [2.24, 2.45) is 0 Å². The maximum atomic E-state index is 13.6. The number of hydrogen-bond acceptors (Lipinski definition) is 10. The first-order chi connectivity index (χ1) is 17.4. The number of hydrogen-bond donors (Lipinski definition) is 3. The van der Waals surface area contributed by atoms with Crippen molar-refractivity contribution in [3.63, 3.8) is 0 Å². The van der Waals surface area contributed by atoms with Crippen molar-refractivity contribution in [3.8, 4) is 11.8 Å². The van der Waals surface area contributed by atoms with Crippen molar-refractivity contribution < 1.29 is 33.0 Å². The van der Waals surface area contributed by atoms with Gasteiger partial charge in [-0.05, 0) is 39.8 Å². The normalized spacial score (nSPS) is 16.1. The molecular formula is C23H31N4O9P. The van der Waals surface area contributed by atoms with Gasteiger partial charge < -0.3 is 19.1 Å². The van der Waals surface area contributed by atoms with Crippen LogP contribution < -0.4 is 20.9 Å². The minimum atomic E-state index is -4.26. The number of ether oxygens (including phenoxy) is 2. The second-order valence-corrected chi connectivity index (χ2v) is 9.98. The number of benzene rings is 1. The molecule has 2 aromatic rings. The van der Waals surface area contributed by atoms with Crippen LogP contribution in [0.2, 0.25) is 0 Å². The van der Waals surface area contributed by atoms with Crippen LogP contribution >= 0.6 is 7.75 Å². The lowest BCUT2D eigenvalue weighted by Crippen LogP contribution is -2.40. The maximum Gasteiger partial charge on any atom is 0.459 e. The fraction of sp³-hybridized carbons (Fsp3) is 0.478. The highest BCUT2D eigenvalue weighted by Crippen LogP contribution is 2.45. The summed E-state index contributed by atoms with van der Waals surface area (Å²) >= 11 is 0. The lowest BCUT2D eigenvalue weighted by molar-refractivity contribution is -0.149. The molecule has 3 N–H and O–H groups in total. The van der Waals surface area contributed by atoms with Crippen LogP contribution in [0.15, 0.2) is 52.2 Å². The number of aliphatic hydroxyl groups is 1. The summed E-state index contributed by atoms with van der Waals surface area (Å²) < 4.78 is 36.6. The Labute approximate surface area is 213 Å². The molecule has 1 aromatic heterocycles. The standard InChI is InChI=1S/C23H31N4O9P/c1-15(2)34-22(30)16(3)26-37(32,36-18-8-6-5-7-9-18)33-14-19(17(4)28)35-21(10-12-24)27-13-11-20(29)25-23(27)31/h5-9,11,13,15-17,19,21,28H,10,14H2,1-4H3,(H,26,32)(H,25,29,31)/t16-,17+,19-,21-,37?/m1/s1. The number of aromatic amines is 1. The van der Waals surface area contributed by atoms with Crippen molar-refractivity contribution in [1.82, 2.24) is 14.6 Å². The van der Waals surface area contributed by atoms with Crippen molar-refractivity contribution >= 4 is 13.7 Å². The summed E-state index contributed by atoms with van der Waals surface area (Å²) in [6, 6.07) is 9.93. The Balaban J connectivity index is 2.26. The number of carbonyl (C=O) groups is 1. The van der Waals surface area contributed by atoms with Gasteiger partial charge in [0.15, 0.2) is 6.23 Å². The third kappa shape index (κ3) is 9.60. The third-order valence-electron chi connectivity index (χ3n) is 4.73. The molecule has 0 amide bonds. The van der Waals surface area contributed by atoms with E-state index in [1.165, 1.54) is 26.0 Å². The molecule has 202 valence electrons. The first-order valence-electron chi connectivity index (χ1n) is 11.4. The van der Waals surface area contributed by atoms with Gasteiger partial charge in [0.2, 0.25) is 0 Å². The zero-order chi connectivity index (χ0) is 27.6. The van der Waals surface area contributed by atoms with Gasteiger partial charge in [-0.25, -0.2) is 9.36 Å². The summed E-state index contributed by atoms with van der Waals surface area (Å²) in [5.74, 6) is -0.509. The number of nitrogens with zero attached hydrogens (tertiary/aromatic N) is 2. The predicted octanol–water partition coefficient (Wildman–Crippen LogP) is 1.85. The van der Waals surface area contributed by atoms with E-state index in [4.69, 9.17) is 18.5 Å². The Kier molecular flexibility index (Phi) is 11.2. The second kappa shape index (κ2) is 13.9. The number of para-hydroxylation sites is 1. The number of nitriles is 1. The molecule has 5 atom stereocenters. The molecule has 37 heavy (non-hydrogen) atoms. The van der Waals surface area contributed by atoms with Crippen LogP contribution in [0.25, 0.3) is 0 Å². The SMILES string of the molecule is CC(C)OC(=O)[C@@H](C)NP(=O)(OC[C@@H](O[C@H](CC#N)n1ccc(=O)[nH]c1=O)[C@H](C)O)Oc1ccccc1. The molecule has 14 heteroatoms. The zero-order valence-electron chi connectivity index (χ0n) is 20.9. The highest BCUT2D eigenvalue weighted by atomic mass is 31.2. The highest BCUT2D eigenvalue weighted by molar-refractivity contribution is 7.52. The van der Waals surface area contributed by atoms with Crippen LogP contribution in [0.1, 0.15) is 40.3 Å². The van der Waals surface area contributed by atoms with E-state index in [2.05, 4.69) is 10.1 Å². The van der Waals surface area contributed by atoms with Gasteiger partial charge in [0.1, 0.15) is 17.9 Å². The largest absolute Gasteiger partial charge is 0.462 e. The van der Waals surface area contributed by atoms with Gasteiger partial charge in [-0.2, -0.15) is 10.3 Å². The van der Waals surface area contributed by atoms with Crippen LogP contribution in [0.4, 0.5) is 0 Å². The number of esters is 1. The molecule has 2 rings (SSSR count). The van der Waals surface area contributed by atoms with E-state index in [1.54, 1.807) is 32.0 Å². The monoisotopic (exact) mass is 538 g/mol. The maximum absolute atomic E-state index is 13.6. The van der Waals surface area contributed by atoms with Crippen LogP contribution in [0.3, 0.4) is 0 Å². The molecule has 0 bridgehead atoms. The zero-order valence-corrected chi connectivity index (χ0v) is 21.8. The van der Waals surface area contributed by atoms with E-state index in [0.29, 0.717) is 0 Å². The Hall–Kier alpha value is -3.27. The molecule has 1 aromatic carbocycles. The van der Waals surface area contributed by atoms with Gasteiger partial charge in [0, 0.05) is 12.3 Å². The van der Waals surface area contributed by atoms with Crippen LogP contribution in [0.5, 0.6) is 5.75 Å². The molecule has 0 saturated carbocycles. The summed E-state index contributed by atoms with van der Waals surface area (Å²) in [7, 11) is -4.26. The van der Waals surface area contributed by atoms with Gasteiger partial charge in [-0.3, -0.25) is 23.7 Å². The van der Waals surface area contributed by atoms with Crippen molar-refractivity contribution in [2.45, 2.75) is 64.7 Å². The van der Waals surface area contributed by atoms with Crippen molar-refractivity contribution in [1.29, 1.82) is 5.26 Å². The number of H-pyrrole nitrogens is 1. The molecule has 0 fully saturated rings. The average Bonchev–Trinajstić information content (AvgIpc) is 2.81. The first-order valence-corrected chi connectivity index (χ1v) is 13.0. The third-order valence-corrected chi connectivity index (χ3v) is 6.38. The molecule has 0 spiro atoms. The van der Waals surface area contributed by atoms with Gasteiger partial charge >= 0.3 is 19.4 Å². The Morgan fingerprint density at radius 2 is 1.86 bits per heavy atom. The number of carbonyl (C=O) groups excluding carboxylic acids is 1. The van der Waals surface area contributed by atoms with E-state index in [1.807, 2.05) is 6.07 Å². The van der Waals surface area contributed by atoms with E-state index < -0.39 is 62.2 Å². The fourth-order valence-electron chi connectivity index (χ4n) is 2.94. The van der Waals surface area contributed by atoms with Gasteiger partial charge in [0.05, 0.1) is 31.3 Å². The summed E-state index contributed by atoms with van der Waals surface area (Å²) in [4.78, 5) is 37.9. The lowest BCUT2D eigenvalue weighted by atomic mass is 10.2. The van der Waals surface area contributed by atoms with Crippen LogP contribution in [-0.2, 0) is 23.4 Å². The molecule has 0 aliphatic carbocycles. The minimum absolute atomic E-state index is 0.180. The van der Waals surface area contributed by atoms with E-state index >= 15 is 0 Å². The van der Waals surface area contributed by atoms with Crippen molar-refractivity contribution in [2.75, 3.05) is 6.61 Å². The van der Waals surface area contributed by atoms with Gasteiger partial charge in [0.25, 0.3) is 5.56 Å². The van der Waals surface area contributed by atoms with Crippen LogP contribution in [0, 0.1) is 11.3 Å². The molecule has 1 heterocycles. The van der Waals surface area contributed by atoms with E-state index in [9.17, 15) is 29.3 Å². The molecule has 1 unspecified atom stereocenters. The molecular weight excluding hydrogens is 507 g/mol. The molecule has 0 aliphatic rings. The quantitative estimate of drug-likeness (QED) is 0.236. The summed E-state index contributed by atoms with van der Waals surface area (Å²) in [6.07, 6.45) is -3.20.